The lowest BCUT2D eigenvalue weighted by molar-refractivity contribution is -0.120. The lowest BCUT2D eigenvalue weighted by atomic mass is 10.2. The Hall–Kier alpha value is -1.36. The molecule has 0 aliphatic heterocycles. The second kappa shape index (κ2) is 6.39. The number of carbonyl (C=O) groups is 1. The van der Waals surface area contributed by atoms with Crippen molar-refractivity contribution in [1.82, 2.24) is 15.1 Å². The van der Waals surface area contributed by atoms with Gasteiger partial charge in [0.1, 0.15) is 0 Å². The predicted octanol–water partition coefficient (Wildman–Crippen LogP) is 0.744. The summed E-state index contributed by atoms with van der Waals surface area (Å²) in [6.07, 6.45) is 1.67. The molecule has 1 aromatic heterocycles. The molecule has 0 aliphatic rings. The van der Waals surface area contributed by atoms with Crippen molar-refractivity contribution in [2.75, 3.05) is 6.54 Å². The van der Waals surface area contributed by atoms with Crippen molar-refractivity contribution in [2.24, 2.45) is 5.73 Å². The van der Waals surface area contributed by atoms with E-state index in [-0.39, 0.29) is 11.9 Å². The molecule has 1 atom stereocenters. The Bertz CT molecular complexity index is 373. The molecule has 0 bridgehead atoms. The molecule has 96 valence electrons. The van der Waals surface area contributed by atoms with Gasteiger partial charge in [0.2, 0.25) is 5.91 Å². The van der Waals surface area contributed by atoms with Crippen LogP contribution in [-0.2, 0) is 11.3 Å². The number of nitrogens with zero attached hydrogens (tertiary/aromatic N) is 2. The monoisotopic (exact) mass is 238 g/mol. The zero-order chi connectivity index (χ0) is 12.8. The third kappa shape index (κ3) is 4.19. The number of nitrogens with one attached hydrogen (secondary N) is 1. The summed E-state index contributed by atoms with van der Waals surface area (Å²) < 4.78 is 1.99. The Morgan fingerprint density at radius 3 is 2.76 bits per heavy atom. The lowest BCUT2D eigenvalue weighted by Crippen LogP contribution is -2.41. The van der Waals surface area contributed by atoms with E-state index in [1.165, 1.54) is 5.69 Å². The zero-order valence-electron chi connectivity index (χ0n) is 10.9. The quantitative estimate of drug-likeness (QED) is 0.688. The van der Waals surface area contributed by atoms with Gasteiger partial charge in [0.15, 0.2) is 0 Å². The van der Waals surface area contributed by atoms with E-state index in [0.29, 0.717) is 0 Å². The number of amides is 1. The number of rotatable bonds is 7. The van der Waals surface area contributed by atoms with E-state index in [0.717, 1.165) is 31.6 Å². The minimum Gasteiger partial charge on any atom is -0.368 e. The van der Waals surface area contributed by atoms with Gasteiger partial charge in [0.05, 0.1) is 11.7 Å². The summed E-state index contributed by atoms with van der Waals surface area (Å²) in [6, 6.07) is 1.85. The SMILES string of the molecule is CCC(NCCCn1nc(C)cc1C)C(N)=O. The van der Waals surface area contributed by atoms with Gasteiger partial charge in [-0.3, -0.25) is 9.48 Å². The van der Waals surface area contributed by atoms with Gasteiger partial charge in [-0.15, -0.1) is 0 Å². The molecule has 1 rings (SSSR count). The highest BCUT2D eigenvalue weighted by atomic mass is 16.1. The standard InChI is InChI=1S/C12H22N4O/c1-4-11(12(13)17)14-6-5-7-16-10(3)8-9(2)15-16/h8,11,14H,4-7H2,1-3H3,(H2,13,17). The van der Waals surface area contributed by atoms with Gasteiger partial charge in [-0.2, -0.15) is 5.10 Å². The van der Waals surface area contributed by atoms with Gasteiger partial charge in [0.25, 0.3) is 0 Å². The number of aromatic nitrogens is 2. The first-order valence-corrected chi connectivity index (χ1v) is 6.08. The highest BCUT2D eigenvalue weighted by molar-refractivity contribution is 5.79. The molecule has 0 fully saturated rings. The number of primary amides is 1. The van der Waals surface area contributed by atoms with Crippen LogP contribution in [0.3, 0.4) is 0 Å². The van der Waals surface area contributed by atoms with E-state index in [1.54, 1.807) is 0 Å². The molecule has 0 aromatic carbocycles. The molecule has 17 heavy (non-hydrogen) atoms. The Kier molecular flexibility index (Phi) is 5.15. The second-order valence-electron chi connectivity index (χ2n) is 4.32. The number of aryl methyl sites for hydroxylation is 3. The average molecular weight is 238 g/mol. The fourth-order valence-corrected chi connectivity index (χ4v) is 1.85. The van der Waals surface area contributed by atoms with Gasteiger partial charge in [-0.05, 0) is 39.3 Å². The van der Waals surface area contributed by atoms with Crippen molar-refractivity contribution >= 4 is 5.91 Å². The van der Waals surface area contributed by atoms with Gasteiger partial charge >= 0.3 is 0 Å². The summed E-state index contributed by atoms with van der Waals surface area (Å²) in [5, 5.41) is 7.53. The first-order valence-electron chi connectivity index (χ1n) is 6.08. The van der Waals surface area contributed by atoms with Crippen LogP contribution in [0.15, 0.2) is 6.07 Å². The molecule has 1 amide bonds. The van der Waals surface area contributed by atoms with Crippen LogP contribution in [0.25, 0.3) is 0 Å². The Labute approximate surface area is 102 Å². The molecule has 0 aliphatic carbocycles. The van der Waals surface area contributed by atoms with Crippen molar-refractivity contribution in [3.8, 4) is 0 Å². The van der Waals surface area contributed by atoms with Crippen molar-refractivity contribution in [2.45, 2.75) is 46.2 Å². The Morgan fingerprint density at radius 2 is 2.29 bits per heavy atom. The van der Waals surface area contributed by atoms with Crippen LogP contribution in [0.4, 0.5) is 0 Å². The molecule has 1 heterocycles. The van der Waals surface area contributed by atoms with Crippen LogP contribution in [0.5, 0.6) is 0 Å². The highest BCUT2D eigenvalue weighted by Crippen LogP contribution is 2.02. The first-order chi connectivity index (χ1) is 8.04. The predicted molar refractivity (Wildman–Crippen MR) is 67.6 cm³/mol. The molecular weight excluding hydrogens is 216 g/mol. The maximum Gasteiger partial charge on any atom is 0.234 e. The minimum atomic E-state index is -0.279. The molecule has 1 unspecified atom stereocenters. The van der Waals surface area contributed by atoms with Crippen molar-refractivity contribution < 1.29 is 4.79 Å². The highest BCUT2D eigenvalue weighted by Gasteiger charge is 2.10. The van der Waals surface area contributed by atoms with Crippen molar-refractivity contribution in [1.29, 1.82) is 0 Å². The average Bonchev–Trinajstić information content (AvgIpc) is 2.57. The summed E-state index contributed by atoms with van der Waals surface area (Å²) in [4.78, 5) is 11.0. The van der Waals surface area contributed by atoms with Gasteiger partial charge in [-0.25, -0.2) is 0 Å². The number of hydrogen-bond acceptors (Lipinski definition) is 3. The summed E-state index contributed by atoms with van der Waals surface area (Å²) in [6.45, 7) is 7.62. The third-order valence-electron chi connectivity index (χ3n) is 2.79. The van der Waals surface area contributed by atoms with Gasteiger partial charge in [-0.1, -0.05) is 6.92 Å². The van der Waals surface area contributed by atoms with E-state index in [4.69, 9.17) is 5.73 Å². The van der Waals surface area contributed by atoms with Crippen LogP contribution in [0.2, 0.25) is 0 Å². The summed E-state index contributed by atoms with van der Waals surface area (Å²) >= 11 is 0. The second-order valence-corrected chi connectivity index (χ2v) is 4.32. The maximum absolute atomic E-state index is 11.0. The Balaban J connectivity index is 2.29. The van der Waals surface area contributed by atoms with Crippen LogP contribution in [0.1, 0.15) is 31.2 Å². The molecule has 0 spiro atoms. The van der Waals surface area contributed by atoms with E-state index in [9.17, 15) is 4.79 Å². The summed E-state index contributed by atoms with van der Waals surface area (Å²) in [7, 11) is 0. The molecule has 5 heteroatoms. The Morgan fingerprint density at radius 1 is 1.59 bits per heavy atom. The topological polar surface area (TPSA) is 72.9 Å². The van der Waals surface area contributed by atoms with Crippen molar-refractivity contribution in [3.05, 3.63) is 17.5 Å². The normalized spacial score (nSPS) is 12.6. The summed E-state index contributed by atoms with van der Waals surface area (Å²) in [5.74, 6) is -0.279. The van der Waals surface area contributed by atoms with Gasteiger partial charge < -0.3 is 11.1 Å². The van der Waals surface area contributed by atoms with Crippen LogP contribution < -0.4 is 11.1 Å². The minimum absolute atomic E-state index is 0.213. The molecule has 3 N–H and O–H groups in total. The third-order valence-corrected chi connectivity index (χ3v) is 2.79. The fraction of sp³-hybridized carbons (Fsp3) is 0.667. The van der Waals surface area contributed by atoms with Crippen LogP contribution in [0, 0.1) is 13.8 Å². The smallest absolute Gasteiger partial charge is 0.234 e. The van der Waals surface area contributed by atoms with Crippen LogP contribution in [-0.4, -0.2) is 28.3 Å². The number of hydrogen-bond donors (Lipinski definition) is 2. The maximum atomic E-state index is 11.0. The number of carbonyl (C=O) groups excluding carboxylic acids is 1. The van der Waals surface area contributed by atoms with Crippen LogP contribution >= 0.6 is 0 Å². The molecular formula is C12H22N4O. The fourth-order valence-electron chi connectivity index (χ4n) is 1.85. The van der Waals surface area contributed by atoms with Crippen molar-refractivity contribution in [3.63, 3.8) is 0 Å². The zero-order valence-corrected chi connectivity index (χ0v) is 10.9. The molecule has 0 saturated heterocycles. The molecule has 1 aromatic rings. The summed E-state index contributed by atoms with van der Waals surface area (Å²) in [5.41, 5.74) is 7.46. The first kappa shape index (κ1) is 13.7. The largest absolute Gasteiger partial charge is 0.368 e. The molecule has 0 radical (unpaired) electrons. The van der Waals surface area contributed by atoms with E-state index in [1.807, 2.05) is 25.5 Å². The van der Waals surface area contributed by atoms with Gasteiger partial charge in [0, 0.05) is 12.2 Å². The van der Waals surface area contributed by atoms with E-state index in [2.05, 4.69) is 16.5 Å². The van der Waals surface area contributed by atoms with E-state index < -0.39 is 0 Å². The molecule has 0 saturated carbocycles. The number of nitrogens with two attached hydrogens (primary N) is 1. The molecule has 5 nitrogen and oxygen atoms in total. The van der Waals surface area contributed by atoms with E-state index >= 15 is 0 Å². The lowest BCUT2D eigenvalue weighted by Gasteiger charge is -2.13.